The first-order chi connectivity index (χ1) is 14.0. The van der Waals surface area contributed by atoms with Gasteiger partial charge in [0, 0.05) is 6.92 Å². The van der Waals surface area contributed by atoms with Gasteiger partial charge in [0.1, 0.15) is 11.1 Å². The topological polar surface area (TPSA) is 99.5 Å². The number of imide groups is 1. The summed E-state index contributed by atoms with van der Waals surface area (Å²) in [6.45, 7) is 11.0. The average Bonchev–Trinajstić information content (AvgIpc) is 2.89. The number of urea groups is 1. The van der Waals surface area contributed by atoms with Gasteiger partial charge < -0.3 is 10.1 Å². The molecular formula is C23H33N3O4. The van der Waals surface area contributed by atoms with Crippen molar-refractivity contribution >= 4 is 23.6 Å². The van der Waals surface area contributed by atoms with E-state index >= 15 is 0 Å². The van der Waals surface area contributed by atoms with Crippen molar-refractivity contribution in [2.75, 3.05) is 4.90 Å². The van der Waals surface area contributed by atoms with Crippen molar-refractivity contribution in [3.8, 4) is 6.07 Å². The van der Waals surface area contributed by atoms with Gasteiger partial charge in [0.15, 0.2) is 0 Å². The van der Waals surface area contributed by atoms with E-state index in [0.717, 1.165) is 19.3 Å². The summed E-state index contributed by atoms with van der Waals surface area (Å²) in [6.07, 6.45) is 4.01. The summed E-state index contributed by atoms with van der Waals surface area (Å²) in [4.78, 5) is 36.6. The first kappa shape index (κ1) is 25.2. The molecule has 3 amide bonds. The molecule has 0 bridgehead atoms. The van der Waals surface area contributed by atoms with Crippen molar-refractivity contribution in [1.82, 2.24) is 5.32 Å². The average molecular weight is 416 g/mol. The molecular weight excluding hydrogens is 382 g/mol. The second kappa shape index (κ2) is 10.8. The normalized spacial score (nSPS) is 18.2. The SMILES string of the molecule is CC(=O)OC(C)(C)C.CCCCC1(CCC)NC(=O)N(c2ccc(C#N)cc2)C1=O. The standard InChI is InChI=1S/C17H21N3O2.C6H12O2/c1-3-5-11-17(10-4-2)15(21)20(16(22)19-17)14-8-6-13(12-18)7-9-14;1-5(7)8-6(2,3)4/h6-9H,3-5,10-11H2,1-2H3,(H,19,22);1-4H3. The fourth-order valence-corrected chi connectivity index (χ4v) is 3.34. The predicted octanol–water partition coefficient (Wildman–Crippen LogP) is 4.69. The van der Waals surface area contributed by atoms with E-state index in [1.165, 1.54) is 11.8 Å². The second-order valence-corrected chi connectivity index (χ2v) is 8.37. The third kappa shape index (κ3) is 6.87. The molecule has 7 heteroatoms. The van der Waals surface area contributed by atoms with Crippen LogP contribution in [0.3, 0.4) is 0 Å². The molecule has 1 atom stereocenters. The number of anilines is 1. The summed E-state index contributed by atoms with van der Waals surface area (Å²) in [6, 6.07) is 8.15. The van der Waals surface area contributed by atoms with E-state index in [2.05, 4.69) is 12.2 Å². The molecule has 1 aromatic rings. The van der Waals surface area contributed by atoms with Gasteiger partial charge in [-0.25, -0.2) is 9.69 Å². The van der Waals surface area contributed by atoms with Crippen molar-refractivity contribution in [3.05, 3.63) is 29.8 Å². The van der Waals surface area contributed by atoms with E-state index in [1.807, 2.05) is 33.8 Å². The number of esters is 1. The van der Waals surface area contributed by atoms with Gasteiger partial charge in [-0.1, -0.05) is 33.1 Å². The van der Waals surface area contributed by atoms with Gasteiger partial charge in [-0.15, -0.1) is 0 Å². The molecule has 2 rings (SSSR count). The lowest BCUT2D eigenvalue weighted by Gasteiger charge is -2.26. The summed E-state index contributed by atoms with van der Waals surface area (Å²) >= 11 is 0. The molecule has 0 spiro atoms. The van der Waals surface area contributed by atoms with Crippen LogP contribution in [0.25, 0.3) is 0 Å². The van der Waals surface area contributed by atoms with Gasteiger partial charge in [0.05, 0.1) is 17.3 Å². The molecule has 1 unspecified atom stereocenters. The Morgan fingerprint density at radius 3 is 2.13 bits per heavy atom. The highest BCUT2D eigenvalue weighted by atomic mass is 16.6. The summed E-state index contributed by atoms with van der Waals surface area (Å²) in [7, 11) is 0. The molecule has 0 radical (unpaired) electrons. The maximum Gasteiger partial charge on any atom is 0.329 e. The minimum atomic E-state index is -0.782. The predicted molar refractivity (Wildman–Crippen MR) is 116 cm³/mol. The minimum absolute atomic E-state index is 0.183. The highest BCUT2D eigenvalue weighted by molar-refractivity contribution is 6.23. The summed E-state index contributed by atoms with van der Waals surface area (Å²) in [5, 5.41) is 11.7. The molecule has 164 valence electrons. The summed E-state index contributed by atoms with van der Waals surface area (Å²) in [5.41, 5.74) is -0.0979. The molecule has 0 aliphatic carbocycles. The van der Waals surface area contributed by atoms with Crippen molar-refractivity contribution in [3.63, 3.8) is 0 Å². The van der Waals surface area contributed by atoms with Crippen LogP contribution in [-0.2, 0) is 14.3 Å². The maximum absolute atomic E-state index is 12.9. The van der Waals surface area contributed by atoms with E-state index in [1.54, 1.807) is 24.3 Å². The number of unbranched alkanes of at least 4 members (excludes halogenated alkanes) is 1. The Morgan fingerprint density at radius 2 is 1.73 bits per heavy atom. The maximum atomic E-state index is 12.9. The number of carbonyl (C=O) groups excluding carboxylic acids is 3. The van der Waals surface area contributed by atoms with Crippen LogP contribution in [-0.4, -0.2) is 29.0 Å². The fraction of sp³-hybridized carbons (Fsp3) is 0.565. The molecule has 0 saturated carbocycles. The molecule has 1 aliphatic rings. The van der Waals surface area contributed by atoms with Crippen LogP contribution in [0.4, 0.5) is 10.5 Å². The lowest BCUT2D eigenvalue weighted by atomic mass is 9.88. The first-order valence-corrected chi connectivity index (χ1v) is 10.4. The fourth-order valence-electron chi connectivity index (χ4n) is 3.34. The number of nitrogens with zero attached hydrogens (tertiary/aromatic N) is 2. The van der Waals surface area contributed by atoms with E-state index in [-0.39, 0.29) is 23.5 Å². The van der Waals surface area contributed by atoms with Gasteiger partial charge in [0.25, 0.3) is 5.91 Å². The Kier molecular flexibility index (Phi) is 9.03. The molecule has 1 saturated heterocycles. The molecule has 7 nitrogen and oxygen atoms in total. The number of amides is 3. The van der Waals surface area contributed by atoms with Gasteiger partial charge in [0.2, 0.25) is 0 Å². The number of nitriles is 1. The lowest BCUT2D eigenvalue weighted by molar-refractivity contribution is -0.151. The van der Waals surface area contributed by atoms with Crippen LogP contribution in [0.15, 0.2) is 24.3 Å². The molecule has 1 aromatic carbocycles. The summed E-state index contributed by atoms with van der Waals surface area (Å²) < 4.78 is 4.80. The zero-order chi connectivity index (χ0) is 22.9. The Labute approximate surface area is 179 Å². The zero-order valence-corrected chi connectivity index (χ0v) is 18.9. The number of nitrogens with one attached hydrogen (secondary N) is 1. The Bertz CT molecular complexity index is 790. The van der Waals surface area contributed by atoms with Crippen molar-refractivity contribution in [2.45, 2.75) is 84.8 Å². The van der Waals surface area contributed by atoms with Crippen LogP contribution in [0.5, 0.6) is 0 Å². The van der Waals surface area contributed by atoms with E-state index in [9.17, 15) is 14.4 Å². The van der Waals surface area contributed by atoms with Crippen LogP contribution in [0.1, 0.15) is 79.2 Å². The third-order valence-corrected chi connectivity index (χ3v) is 4.50. The number of benzene rings is 1. The third-order valence-electron chi connectivity index (χ3n) is 4.50. The van der Waals surface area contributed by atoms with Crippen LogP contribution in [0.2, 0.25) is 0 Å². The van der Waals surface area contributed by atoms with Crippen molar-refractivity contribution in [1.29, 1.82) is 5.26 Å². The molecule has 30 heavy (non-hydrogen) atoms. The highest BCUT2D eigenvalue weighted by Gasteiger charge is 2.50. The minimum Gasteiger partial charge on any atom is -0.460 e. The largest absolute Gasteiger partial charge is 0.460 e. The number of carbonyl (C=O) groups is 3. The Morgan fingerprint density at radius 1 is 1.13 bits per heavy atom. The molecule has 1 heterocycles. The van der Waals surface area contributed by atoms with E-state index in [4.69, 9.17) is 10.00 Å². The summed E-state index contributed by atoms with van der Waals surface area (Å²) in [5.74, 6) is -0.407. The van der Waals surface area contributed by atoms with Crippen LogP contribution in [0, 0.1) is 11.3 Å². The van der Waals surface area contributed by atoms with Crippen LogP contribution >= 0.6 is 0 Å². The molecule has 1 N–H and O–H groups in total. The van der Waals surface area contributed by atoms with E-state index < -0.39 is 5.54 Å². The monoisotopic (exact) mass is 415 g/mol. The van der Waals surface area contributed by atoms with Gasteiger partial charge in [-0.2, -0.15) is 5.26 Å². The number of ether oxygens (including phenoxy) is 1. The van der Waals surface area contributed by atoms with Crippen molar-refractivity contribution < 1.29 is 19.1 Å². The first-order valence-electron chi connectivity index (χ1n) is 10.4. The number of hydrogen-bond donors (Lipinski definition) is 1. The zero-order valence-electron chi connectivity index (χ0n) is 18.9. The quantitative estimate of drug-likeness (QED) is 0.537. The molecule has 1 fully saturated rings. The second-order valence-electron chi connectivity index (χ2n) is 8.37. The molecule has 0 aromatic heterocycles. The van der Waals surface area contributed by atoms with E-state index in [0.29, 0.717) is 24.1 Å². The number of rotatable bonds is 6. The number of hydrogen-bond acceptors (Lipinski definition) is 5. The highest BCUT2D eigenvalue weighted by Crippen LogP contribution is 2.32. The van der Waals surface area contributed by atoms with Crippen LogP contribution < -0.4 is 10.2 Å². The molecule has 1 aliphatic heterocycles. The smallest absolute Gasteiger partial charge is 0.329 e. The van der Waals surface area contributed by atoms with Gasteiger partial charge in [-0.3, -0.25) is 9.59 Å². The Balaban J connectivity index is 0.000000479. The Hall–Kier alpha value is -2.88. The lowest BCUT2D eigenvalue weighted by Crippen LogP contribution is -2.46. The van der Waals surface area contributed by atoms with Gasteiger partial charge >= 0.3 is 12.0 Å². The van der Waals surface area contributed by atoms with Gasteiger partial charge in [-0.05, 0) is 57.9 Å². The van der Waals surface area contributed by atoms with Crippen molar-refractivity contribution in [2.24, 2.45) is 0 Å².